The molecule has 0 bridgehead atoms. The molecule has 1 aliphatic heterocycles. The molecule has 1 N–H and O–H groups in total. The van der Waals surface area contributed by atoms with E-state index in [0.29, 0.717) is 22.8 Å². The van der Waals surface area contributed by atoms with Crippen molar-refractivity contribution >= 4 is 23.2 Å². The van der Waals surface area contributed by atoms with Crippen molar-refractivity contribution in [3.63, 3.8) is 0 Å². The van der Waals surface area contributed by atoms with Crippen LogP contribution in [-0.2, 0) is 6.54 Å². The van der Waals surface area contributed by atoms with Gasteiger partial charge in [0.05, 0.1) is 24.1 Å². The summed E-state index contributed by atoms with van der Waals surface area (Å²) >= 11 is 6.13. The Bertz CT molecular complexity index is 924. The Balaban J connectivity index is 1.72. The molecule has 126 valence electrons. The van der Waals surface area contributed by atoms with Crippen LogP contribution in [0, 0.1) is 6.92 Å². The number of benzene rings is 1. The summed E-state index contributed by atoms with van der Waals surface area (Å²) in [5, 5.41) is 4.05. The average molecular weight is 354 g/mol. The molecule has 1 aliphatic rings. The Morgan fingerprint density at radius 3 is 2.96 bits per heavy atom. The monoisotopic (exact) mass is 353 g/mol. The fourth-order valence-corrected chi connectivity index (χ4v) is 3.18. The van der Waals surface area contributed by atoms with Crippen LogP contribution in [0.15, 0.2) is 59.3 Å². The maximum atomic E-state index is 12.9. The third-order valence-corrected chi connectivity index (χ3v) is 4.53. The van der Waals surface area contributed by atoms with E-state index >= 15 is 0 Å². The van der Waals surface area contributed by atoms with Crippen molar-refractivity contribution in [1.82, 2.24) is 9.88 Å². The predicted octanol–water partition coefficient (Wildman–Crippen LogP) is 4.40. The lowest BCUT2D eigenvalue weighted by molar-refractivity contribution is 0.0714. The lowest BCUT2D eigenvalue weighted by Crippen LogP contribution is -2.32. The van der Waals surface area contributed by atoms with Gasteiger partial charge in [0.25, 0.3) is 5.91 Å². The second-order valence-electron chi connectivity index (χ2n) is 5.95. The summed E-state index contributed by atoms with van der Waals surface area (Å²) in [6.07, 6.45) is 2.92. The van der Waals surface area contributed by atoms with E-state index in [4.69, 9.17) is 16.0 Å². The molecule has 1 atom stereocenters. The Morgan fingerprint density at radius 2 is 2.16 bits per heavy atom. The topological polar surface area (TPSA) is 58.4 Å². The molecule has 3 aromatic rings. The first-order valence-corrected chi connectivity index (χ1v) is 8.32. The molecule has 0 radical (unpaired) electrons. The Labute approximate surface area is 150 Å². The van der Waals surface area contributed by atoms with Crippen LogP contribution in [0.3, 0.4) is 0 Å². The minimum atomic E-state index is -0.383. The number of halogens is 1. The number of rotatable bonds is 4. The second-order valence-corrected chi connectivity index (χ2v) is 6.39. The van der Waals surface area contributed by atoms with E-state index in [2.05, 4.69) is 10.3 Å². The number of pyridine rings is 1. The molecule has 0 fully saturated rings. The predicted molar refractivity (Wildman–Crippen MR) is 95.4 cm³/mol. The second kappa shape index (κ2) is 6.26. The number of aryl methyl sites for hydroxylation is 1. The van der Waals surface area contributed by atoms with Crippen LogP contribution < -0.4 is 5.32 Å². The van der Waals surface area contributed by atoms with E-state index in [9.17, 15) is 4.79 Å². The van der Waals surface area contributed by atoms with Crippen LogP contribution >= 0.6 is 11.6 Å². The molecular weight excluding hydrogens is 338 g/mol. The number of nitrogens with one attached hydrogen (secondary N) is 1. The van der Waals surface area contributed by atoms with Gasteiger partial charge in [-0.1, -0.05) is 17.7 Å². The normalized spacial score (nSPS) is 16.2. The molecule has 2 aromatic heterocycles. The van der Waals surface area contributed by atoms with E-state index in [1.54, 1.807) is 29.5 Å². The van der Waals surface area contributed by atoms with Gasteiger partial charge in [-0.25, -0.2) is 0 Å². The summed E-state index contributed by atoms with van der Waals surface area (Å²) in [4.78, 5) is 19.0. The summed E-state index contributed by atoms with van der Waals surface area (Å²) in [5.74, 6) is 0.646. The number of aromatic nitrogens is 1. The van der Waals surface area contributed by atoms with Gasteiger partial charge in [0.1, 0.15) is 11.9 Å². The zero-order valence-electron chi connectivity index (χ0n) is 13.6. The maximum Gasteiger partial charge on any atom is 0.258 e. The summed E-state index contributed by atoms with van der Waals surface area (Å²) in [6, 6.07) is 12.9. The zero-order valence-corrected chi connectivity index (χ0v) is 14.3. The van der Waals surface area contributed by atoms with E-state index in [0.717, 1.165) is 17.0 Å². The molecule has 0 saturated heterocycles. The molecule has 5 nitrogen and oxygen atoms in total. The lowest BCUT2D eigenvalue weighted by atomic mass is 10.1. The highest BCUT2D eigenvalue weighted by Gasteiger charge is 2.38. The first-order valence-electron chi connectivity index (χ1n) is 7.94. The Hall–Kier alpha value is -2.79. The SMILES string of the molecule is Cc1ccc(Cl)cc1N[C@H]1c2ncccc2C(=O)N1Cc1ccco1. The van der Waals surface area contributed by atoms with Crippen molar-refractivity contribution in [3.05, 3.63) is 82.5 Å². The molecule has 0 spiro atoms. The smallest absolute Gasteiger partial charge is 0.258 e. The molecule has 3 heterocycles. The maximum absolute atomic E-state index is 12.9. The van der Waals surface area contributed by atoms with Crippen molar-refractivity contribution in [3.8, 4) is 0 Å². The highest BCUT2D eigenvalue weighted by atomic mass is 35.5. The highest BCUT2D eigenvalue weighted by molar-refractivity contribution is 6.30. The van der Waals surface area contributed by atoms with Crippen molar-refractivity contribution < 1.29 is 9.21 Å². The summed E-state index contributed by atoms with van der Waals surface area (Å²) in [5.41, 5.74) is 3.22. The number of hydrogen-bond acceptors (Lipinski definition) is 4. The molecule has 1 amide bonds. The van der Waals surface area contributed by atoms with Crippen LogP contribution in [0.1, 0.15) is 33.5 Å². The van der Waals surface area contributed by atoms with Gasteiger partial charge < -0.3 is 14.6 Å². The lowest BCUT2D eigenvalue weighted by Gasteiger charge is -2.26. The fraction of sp³-hybridized carbons (Fsp3) is 0.158. The van der Waals surface area contributed by atoms with Crippen molar-refractivity contribution in [1.29, 1.82) is 0 Å². The van der Waals surface area contributed by atoms with E-state index < -0.39 is 0 Å². The van der Waals surface area contributed by atoms with Gasteiger partial charge in [-0.15, -0.1) is 0 Å². The third kappa shape index (κ3) is 2.87. The highest BCUT2D eigenvalue weighted by Crippen LogP contribution is 2.35. The molecule has 6 heteroatoms. The molecule has 1 aromatic carbocycles. The third-order valence-electron chi connectivity index (χ3n) is 4.30. The quantitative estimate of drug-likeness (QED) is 0.755. The summed E-state index contributed by atoms with van der Waals surface area (Å²) < 4.78 is 5.42. The van der Waals surface area contributed by atoms with E-state index in [1.165, 1.54) is 0 Å². The number of carbonyl (C=O) groups excluding carboxylic acids is 1. The van der Waals surface area contributed by atoms with Crippen LogP contribution in [0.4, 0.5) is 5.69 Å². The van der Waals surface area contributed by atoms with Gasteiger partial charge in [-0.3, -0.25) is 9.78 Å². The van der Waals surface area contributed by atoms with Crippen LogP contribution in [0.25, 0.3) is 0 Å². The molecule has 0 unspecified atom stereocenters. The first kappa shape index (κ1) is 15.7. The van der Waals surface area contributed by atoms with Gasteiger partial charge in [0.15, 0.2) is 0 Å². The van der Waals surface area contributed by atoms with Crippen LogP contribution in [0.2, 0.25) is 5.02 Å². The molecule has 0 aliphatic carbocycles. The van der Waals surface area contributed by atoms with Gasteiger partial charge in [0.2, 0.25) is 0 Å². The number of fused-ring (bicyclic) bond motifs is 1. The number of carbonyl (C=O) groups is 1. The van der Waals surface area contributed by atoms with Gasteiger partial charge in [0, 0.05) is 16.9 Å². The van der Waals surface area contributed by atoms with Gasteiger partial charge in [-0.2, -0.15) is 0 Å². The van der Waals surface area contributed by atoms with Crippen molar-refractivity contribution in [2.24, 2.45) is 0 Å². The van der Waals surface area contributed by atoms with Crippen molar-refractivity contribution in [2.75, 3.05) is 5.32 Å². The first-order chi connectivity index (χ1) is 12.1. The number of nitrogens with zero attached hydrogens (tertiary/aromatic N) is 2. The zero-order chi connectivity index (χ0) is 17.4. The Morgan fingerprint density at radius 1 is 1.28 bits per heavy atom. The van der Waals surface area contributed by atoms with E-state index in [1.807, 2.05) is 37.3 Å². The number of amides is 1. The number of hydrogen-bond donors (Lipinski definition) is 1. The Kier molecular flexibility index (Phi) is 3.93. The minimum Gasteiger partial charge on any atom is -0.467 e. The van der Waals surface area contributed by atoms with Crippen LogP contribution in [0.5, 0.6) is 0 Å². The largest absolute Gasteiger partial charge is 0.467 e. The minimum absolute atomic E-state index is 0.0725. The number of furan rings is 1. The average Bonchev–Trinajstić information content (AvgIpc) is 3.21. The van der Waals surface area contributed by atoms with Gasteiger partial charge >= 0.3 is 0 Å². The summed E-state index contributed by atoms with van der Waals surface area (Å²) in [6.45, 7) is 2.35. The van der Waals surface area contributed by atoms with E-state index in [-0.39, 0.29) is 12.1 Å². The standard InChI is InChI=1S/C19H16ClN3O2/c1-12-6-7-13(20)10-16(12)22-18-17-15(5-2-8-21-17)19(24)23(18)11-14-4-3-9-25-14/h2-10,18,22H,11H2,1H3/t18-/m1/s1. The molecular formula is C19H16ClN3O2. The molecule has 25 heavy (non-hydrogen) atoms. The molecule has 4 rings (SSSR count). The number of anilines is 1. The fourth-order valence-electron chi connectivity index (χ4n) is 3.01. The summed E-state index contributed by atoms with van der Waals surface area (Å²) in [7, 11) is 0. The van der Waals surface area contributed by atoms with Crippen molar-refractivity contribution in [2.45, 2.75) is 19.6 Å². The van der Waals surface area contributed by atoms with Gasteiger partial charge in [-0.05, 0) is 48.9 Å². The van der Waals surface area contributed by atoms with Crippen LogP contribution in [-0.4, -0.2) is 15.8 Å². The molecule has 0 saturated carbocycles.